The number of aryl methyl sites for hydroxylation is 1. The number of methoxy groups -OCH3 is 1. The zero-order valence-electron chi connectivity index (χ0n) is 31.3. The van der Waals surface area contributed by atoms with Crippen LogP contribution in [0.5, 0.6) is 5.75 Å². The van der Waals surface area contributed by atoms with Crippen LogP contribution in [0, 0.1) is 13.8 Å². The SMILES string of the molecule is CCCN(CCOc1c(Cl)cc(Cl)cc1Cl)C(=O)n1ccnc1.COCCOCN(c1onc(C)c1C)S(=O)(=O)c1ccccc1-c1cccc2ccccc12. The van der Waals surface area contributed by atoms with E-state index in [-0.39, 0.29) is 36.8 Å². The number of fused-ring (bicyclic) bond motifs is 1. The number of amides is 1. The van der Waals surface area contributed by atoms with E-state index in [0.717, 1.165) is 27.1 Å². The van der Waals surface area contributed by atoms with Gasteiger partial charge in [0.15, 0.2) is 5.75 Å². The summed E-state index contributed by atoms with van der Waals surface area (Å²) in [5, 5.41) is 7.07. The third-order valence-electron chi connectivity index (χ3n) is 8.59. The molecule has 56 heavy (non-hydrogen) atoms. The lowest BCUT2D eigenvalue weighted by atomic mass is 9.98. The molecule has 0 saturated heterocycles. The van der Waals surface area contributed by atoms with Gasteiger partial charge in [-0.05, 0) is 54.8 Å². The van der Waals surface area contributed by atoms with Gasteiger partial charge in [-0.25, -0.2) is 22.5 Å². The van der Waals surface area contributed by atoms with Crippen LogP contribution < -0.4 is 9.04 Å². The normalized spacial score (nSPS) is 11.3. The Bertz CT molecular complexity index is 2310. The maximum atomic E-state index is 14.0. The summed E-state index contributed by atoms with van der Waals surface area (Å²) in [7, 11) is -2.51. The average Bonchev–Trinajstić information content (AvgIpc) is 3.85. The van der Waals surface area contributed by atoms with Gasteiger partial charge < -0.3 is 23.6 Å². The number of sulfonamides is 1. The molecular weight excluding hydrogens is 801 g/mol. The van der Waals surface area contributed by atoms with Crippen molar-refractivity contribution in [3.63, 3.8) is 0 Å². The van der Waals surface area contributed by atoms with Crippen LogP contribution in [-0.4, -0.2) is 80.8 Å². The molecule has 1 amide bonds. The van der Waals surface area contributed by atoms with Gasteiger partial charge in [0.2, 0.25) is 5.88 Å². The first-order valence-corrected chi connectivity index (χ1v) is 20.2. The molecule has 0 radical (unpaired) electrons. The Balaban J connectivity index is 0.000000229. The van der Waals surface area contributed by atoms with E-state index in [1.54, 1.807) is 62.5 Å². The van der Waals surface area contributed by atoms with Crippen molar-refractivity contribution >= 4 is 67.5 Å². The second kappa shape index (κ2) is 20.0. The van der Waals surface area contributed by atoms with E-state index in [2.05, 4.69) is 10.1 Å². The largest absolute Gasteiger partial charge is 0.489 e. The van der Waals surface area contributed by atoms with Crippen molar-refractivity contribution in [3.05, 3.63) is 124 Å². The van der Waals surface area contributed by atoms with Gasteiger partial charge in [-0.3, -0.25) is 4.57 Å². The van der Waals surface area contributed by atoms with Crippen LogP contribution in [0.25, 0.3) is 21.9 Å². The van der Waals surface area contributed by atoms with Crippen LogP contribution >= 0.6 is 34.8 Å². The molecule has 16 heteroatoms. The number of ether oxygens (including phenoxy) is 3. The Morgan fingerprint density at radius 1 is 0.893 bits per heavy atom. The van der Waals surface area contributed by atoms with E-state index in [1.165, 1.54) is 10.9 Å². The number of nitrogens with zero attached hydrogens (tertiary/aromatic N) is 5. The summed E-state index contributed by atoms with van der Waals surface area (Å²) >= 11 is 18.0. The fourth-order valence-electron chi connectivity index (χ4n) is 5.69. The van der Waals surface area contributed by atoms with E-state index in [0.29, 0.717) is 57.3 Å². The van der Waals surface area contributed by atoms with Crippen molar-refractivity contribution in [2.75, 3.05) is 51.1 Å². The van der Waals surface area contributed by atoms with E-state index in [9.17, 15) is 13.2 Å². The number of anilines is 1. The Labute approximate surface area is 341 Å². The number of aromatic nitrogens is 3. The lowest BCUT2D eigenvalue weighted by molar-refractivity contribution is 0.0744. The van der Waals surface area contributed by atoms with Gasteiger partial charge in [0, 0.05) is 42.2 Å². The Morgan fingerprint density at radius 3 is 2.27 bits per heavy atom. The molecule has 0 N–H and O–H groups in total. The molecule has 0 aliphatic carbocycles. The smallest absolute Gasteiger partial charge is 0.329 e. The Kier molecular flexibility index (Phi) is 15.2. The third kappa shape index (κ3) is 10.2. The fraction of sp³-hybridized carbons (Fsp3) is 0.275. The topological polar surface area (TPSA) is 129 Å². The molecule has 12 nitrogen and oxygen atoms in total. The zero-order chi connectivity index (χ0) is 40.2. The maximum absolute atomic E-state index is 14.0. The molecule has 0 fully saturated rings. The van der Waals surface area contributed by atoms with Crippen molar-refractivity contribution in [1.29, 1.82) is 0 Å². The molecule has 2 heterocycles. The Hall–Kier alpha value is -4.63. The van der Waals surface area contributed by atoms with Crippen LogP contribution in [0.3, 0.4) is 0 Å². The van der Waals surface area contributed by atoms with Crippen LogP contribution in [0.2, 0.25) is 15.1 Å². The second-order valence-electron chi connectivity index (χ2n) is 12.4. The molecule has 0 aliphatic rings. The first-order chi connectivity index (χ1) is 27.0. The molecule has 0 bridgehead atoms. The van der Waals surface area contributed by atoms with Gasteiger partial charge in [-0.1, -0.05) is 108 Å². The van der Waals surface area contributed by atoms with Crippen LogP contribution in [0.4, 0.5) is 10.7 Å². The van der Waals surface area contributed by atoms with Crippen molar-refractivity contribution in [2.24, 2.45) is 0 Å². The van der Waals surface area contributed by atoms with Crippen molar-refractivity contribution in [1.82, 2.24) is 19.6 Å². The maximum Gasteiger partial charge on any atom is 0.329 e. The summed E-state index contributed by atoms with van der Waals surface area (Å²) in [6.07, 6.45) is 5.48. The first-order valence-electron chi connectivity index (χ1n) is 17.6. The summed E-state index contributed by atoms with van der Waals surface area (Å²) in [6.45, 7) is 7.17. The van der Waals surface area contributed by atoms with Crippen molar-refractivity contribution < 1.29 is 31.9 Å². The summed E-state index contributed by atoms with van der Waals surface area (Å²) in [5.41, 5.74) is 2.68. The number of hydrogen-bond acceptors (Lipinski definition) is 9. The van der Waals surface area contributed by atoms with E-state index >= 15 is 0 Å². The van der Waals surface area contributed by atoms with Gasteiger partial charge >= 0.3 is 6.03 Å². The number of rotatable bonds is 15. The highest BCUT2D eigenvalue weighted by atomic mass is 35.5. The van der Waals surface area contributed by atoms with Gasteiger partial charge in [0.25, 0.3) is 10.0 Å². The van der Waals surface area contributed by atoms with Crippen molar-refractivity contribution in [2.45, 2.75) is 32.1 Å². The molecule has 0 saturated carbocycles. The summed E-state index contributed by atoms with van der Waals surface area (Å²) in [4.78, 5) is 18.1. The van der Waals surface area contributed by atoms with E-state index in [1.807, 2.05) is 61.5 Å². The van der Waals surface area contributed by atoms with Crippen LogP contribution in [0.15, 0.2) is 107 Å². The minimum atomic E-state index is -4.06. The predicted molar refractivity (Wildman–Crippen MR) is 220 cm³/mol. The first kappa shape index (κ1) is 42.5. The number of carbonyl (C=O) groups excluding carboxylic acids is 1. The van der Waals surface area contributed by atoms with Gasteiger partial charge in [-0.2, -0.15) is 0 Å². The van der Waals surface area contributed by atoms with Gasteiger partial charge in [0.05, 0.1) is 40.4 Å². The molecule has 6 rings (SSSR count). The van der Waals surface area contributed by atoms with Crippen LogP contribution in [0.1, 0.15) is 24.6 Å². The molecule has 0 unspecified atom stereocenters. The quantitative estimate of drug-likeness (QED) is 0.0733. The molecule has 4 aromatic carbocycles. The molecule has 0 atom stereocenters. The summed E-state index contributed by atoms with van der Waals surface area (Å²) in [5.74, 6) is 0.502. The lowest BCUT2D eigenvalue weighted by Gasteiger charge is -2.23. The summed E-state index contributed by atoms with van der Waals surface area (Å²) in [6, 6.07) is 23.7. The number of benzene rings is 4. The number of hydrogen-bond donors (Lipinski definition) is 0. The van der Waals surface area contributed by atoms with Gasteiger partial charge in [0.1, 0.15) is 19.7 Å². The van der Waals surface area contributed by atoms with E-state index in [4.69, 9.17) is 53.5 Å². The Morgan fingerprint density at radius 2 is 1.59 bits per heavy atom. The highest BCUT2D eigenvalue weighted by Crippen LogP contribution is 2.37. The molecule has 296 valence electrons. The molecular formula is C40H42Cl3N5O7S. The third-order valence-corrected chi connectivity index (χ3v) is 11.1. The summed E-state index contributed by atoms with van der Waals surface area (Å²) < 4.78 is 52.3. The highest BCUT2D eigenvalue weighted by molar-refractivity contribution is 7.93. The lowest BCUT2D eigenvalue weighted by Crippen LogP contribution is -2.37. The average molecular weight is 843 g/mol. The zero-order valence-corrected chi connectivity index (χ0v) is 34.4. The number of halogens is 3. The predicted octanol–water partition coefficient (Wildman–Crippen LogP) is 9.53. The van der Waals surface area contributed by atoms with Gasteiger partial charge in [-0.15, -0.1) is 0 Å². The monoisotopic (exact) mass is 841 g/mol. The molecule has 0 aliphatic heterocycles. The van der Waals surface area contributed by atoms with Crippen LogP contribution in [-0.2, 0) is 19.5 Å². The minimum absolute atomic E-state index is 0.137. The van der Waals surface area contributed by atoms with Crippen molar-refractivity contribution in [3.8, 4) is 16.9 Å². The second-order valence-corrected chi connectivity index (χ2v) is 15.5. The molecule has 6 aromatic rings. The molecule has 0 spiro atoms. The highest BCUT2D eigenvalue weighted by Gasteiger charge is 2.32. The minimum Gasteiger partial charge on any atom is -0.489 e. The standard InChI is InChI=1S/C25H26N2O5S.C15H16Cl3N3O2/c1-18-19(2)26-32-25(18)27(17-31-16-15-30-3)33(28,29)24-14-7-6-12-23(24)22-13-8-10-20-9-4-5-11-21(20)22;1-2-4-20(15(22)21-5-3-19-10-21)6-7-23-14-12(17)8-11(16)9-13(14)18/h4-14H,15-17H2,1-3H3;3,5,8-10H,2,4,6-7H2,1H3. The number of carbonyl (C=O) groups is 1. The fourth-order valence-corrected chi connectivity index (χ4v) is 8.16. The number of imidazole rings is 1. The van der Waals surface area contributed by atoms with E-state index < -0.39 is 10.0 Å². The molecule has 2 aromatic heterocycles.